The fourth-order valence-corrected chi connectivity index (χ4v) is 3.84. The van der Waals surface area contributed by atoms with Gasteiger partial charge in [-0.25, -0.2) is 8.78 Å². The highest BCUT2D eigenvalue weighted by molar-refractivity contribution is 9.10. The molecule has 1 aliphatic carbocycles. The molecule has 2 N–H and O–H groups in total. The number of hydrogen-bond acceptors (Lipinski definition) is 1. The molecule has 0 bridgehead atoms. The fraction of sp³-hybridized carbons (Fsp3) is 0.647. The molecule has 0 spiro atoms. The first-order valence-electron chi connectivity index (χ1n) is 7.90. The molecule has 1 saturated carbocycles. The average Bonchev–Trinajstić information content (AvgIpc) is 2.48. The Bertz CT molecular complexity index is 470. The molecule has 2 rings (SSSR count). The van der Waals surface area contributed by atoms with Crippen LogP contribution in [0.4, 0.5) is 8.78 Å². The maximum atomic E-state index is 14.0. The molecule has 1 aromatic rings. The lowest BCUT2D eigenvalue weighted by atomic mass is 9.76. The van der Waals surface area contributed by atoms with Crippen LogP contribution < -0.4 is 5.73 Å². The van der Waals surface area contributed by atoms with E-state index in [0.717, 1.165) is 18.8 Å². The Morgan fingerprint density at radius 3 is 2.52 bits per heavy atom. The lowest BCUT2D eigenvalue weighted by Crippen LogP contribution is -2.35. The standard InChI is InChI=1S/C17H24BrF2N/c1-2-3-11-4-6-12(7-5-11)16(21)10-13-15(19)9-8-14(18)17(13)20/h8-9,11-12,16H,2-7,10,21H2,1H3. The van der Waals surface area contributed by atoms with E-state index >= 15 is 0 Å². The van der Waals surface area contributed by atoms with Gasteiger partial charge in [-0.3, -0.25) is 0 Å². The van der Waals surface area contributed by atoms with E-state index in [1.807, 2.05) is 0 Å². The summed E-state index contributed by atoms with van der Waals surface area (Å²) in [5.74, 6) is 0.199. The molecule has 1 aliphatic rings. The number of halogens is 3. The topological polar surface area (TPSA) is 26.0 Å². The summed E-state index contributed by atoms with van der Waals surface area (Å²) in [5.41, 5.74) is 6.36. The molecule has 1 atom stereocenters. The smallest absolute Gasteiger partial charge is 0.143 e. The molecule has 4 heteroatoms. The van der Waals surface area contributed by atoms with Gasteiger partial charge in [-0.1, -0.05) is 32.6 Å². The maximum Gasteiger partial charge on any atom is 0.143 e. The van der Waals surface area contributed by atoms with Gasteiger partial charge >= 0.3 is 0 Å². The van der Waals surface area contributed by atoms with Crippen LogP contribution in [-0.4, -0.2) is 6.04 Å². The molecule has 0 saturated heterocycles. The van der Waals surface area contributed by atoms with Crippen LogP contribution in [0, 0.1) is 23.5 Å². The molecule has 1 unspecified atom stereocenters. The Labute approximate surface area is 134 Å². The number of benzene rings is 1. The van der Waals surface area contributed by atoms with Crippen molar-refractivity contribution in [3.8, 4) is 0 Å². The van der Waals surface area contributed by atoms with Gasteiger partial charge in [0, 0.05) is 11.6 Å². The van der Waals surface area contributed by atoms with Crippen LogP contribution in [-0.2, 0) is 6.42 Å². The molecular weight excluding hydrogens is 336 g/mol. The number of hydrogen-bond donors (Lipinski definition) is 1. The van der Waals surface area contributed by atoms with Gasteiger partial charge in [0.1, 0.15) is 11.6 Å². The van der Waals surface area contributed by atoms with E-state index < -0.39 is 11.6 Å². The van der Waals surface area contributed by atoms with Crippen LogP contribution in [0.15, 0.2) is 16.6 Å². The minimum Gasteiger partial charge on any atom is -0.327 e. The fourth-order valence-electron chi connectivity index (χ4n) is 3.47. The van der Waals surface area contributed by atoms with E-state index in [0.29, 0.717) is 10.4 Å². The first-order valence-corrected chi connectivity index (χ1v) is 8.70. The van der Waals surface area contributed by atoms with Crippen LogP contribution >= 0.6 is 15.9 Å². The zero-order chi connectivity index (χ0) is 15.4. The Kier molecular flexibility index (Phi) is 6.18. The van der Waals surface area contributed by atoms with Crippen molar-refractivity contribution in [1.29, 1.82) is 0 Å². The maximum absolute atomic E-state index is 14.0. The van der Waals surface area contributed by atoms with Crippen molar-refractivity contribution in [2.45, 2.75) is 57.9 Å². The van der Waals surface area contributed by atoms with Crippen LogP contribution in [0.25, 0.3) is 0 Å². The second-order valence-electron chi connectivity index (χ2n) is 6.26. The Morgan fingerprint density at radius 1 is 1.24 bits per heavy atom. The van der Waals surface area contributed by atoms with Crippen molar-refractivity contribution in [2.75, 3.05) is 0 Å². The van der Waals surface area contributed by atoms with E-state index in [1.54, 1.807) is 0 Å². The zero-order valence-electron chi connectivity index (χ0n) is 12.5. The largest absolute Gasteiger partial charge is 0.327 e. The Morgan fingerprint density at radius 2 is 1.90 bits per heavy atom. The van der Waals surface area contributed by atoms with Crippen molar-refractivity contribution in [2.24, 2.45) is 17.6 Å². The first kappa shape index (κ1) is 16.9. The highest BCUT2D eigenvalue weighted by Gasteiger charge is 2.27. The first-order chi connectivity index (χ1) is 10.0. The molecule has 118 valence electrons. The van der Waals surface area contributed by atoms with Crippen LogP contribution in [0.3, 0.4) is 0 Å². The van der Waals surface area contributed by atoms with E-state index in [4.69, 9.17) is 5.73 Å². The summed E-state index contributed by atoms with van der Waals surface area (Å²) in [4.78, 5) is 0. The van der Waals surface area contributed by atoms with Crippen molar-refractivity contribution in [1.82, 2.24) is 0 Å². The van der Waals surface area contributed by atoms with E-state index in [9.17, 15) is 8.78 Å². The summed E-state index contributed by atoms with van der Waals surface area (Å²) in [6, 6.07) is 2.54. The lowest BCUT2D eigenvalue weighted by Gasteiger charge is -2.32. The van der Waals surface area contributed by atoms with Gasteiger partial charge in [-0.2, -0.15) is 0 Å². The Hall–Kier alpha value is -0.480. The van der Waals surface area contributed by atoms with E-state index in [1.165, 1.54) is 37.8 Å². The molecule has 21 heavy (non-hydrogen) atoms. The monoisotopic (exact) mass is 359 g/mol. The predicted molar refractivity (Wildman–Crippen MR) is 86.1 cm³/mol. The normalized spacial score (nSPS) is 24.0. The summed E-state index contributed by atoms with van der Waals surface area (Å²) in [6.45, 7) is 2.22. The van der Waals surface area contributed by atoms with Gasteiger partial charge in [-0.05, 0) is 59.2 Å². The van der Waals surface area contributed by atoms with Crippen LogP contribution in [0.2, 0.25) is 0 Å². The van der Waals surface area contributed by atoms with Gasteiger partial charge in [0.15, 0.2) is 0 Å². The van der Waals surface area contributed by atoms with E-state index in [2.05, 4.69) is 22.9 Å². The molecule has 1 aromatic carbocycles. The highest BCUT2D eigenvalue weighted by atomic mass is 79.9. The van der Waals surface area contributed by atoms with Gasteiger partial charge < -0.3 is 5.73 Å². The van der Waals surface area contributed by atoms with Gasteiger partial charge in [0.2, 0.25) is 0 Å². The summed E-state index contributed by atoms with van der Waals surface area (Å²) in [7, 11) is 0. The second kappa shape index (κ2) is 7.68. The van der Waals surface area contributed by atoms with E-state index in [-0.39, 0.29) is 18.0 Å². The SMILES string of the molecule is CCCC1CCC(C(N)Cc2c(F)ccc(Br)c2F)CC1. The molecule has 0 aliphatic heterocycles. The van der Waals surface area contributed by atoms with Gasteiger partial charge in [0.05, 0.1) is 4.47 Å². The minimum absolute atomic E-state index is 0.118. The van der Waals surface area contributed by atoms with Crippen LogP contribution in [0.5, 0.6) is 0 Å². The minimum atomic E-state index is -0.509. The quantitative estimate of drug-likeness (QED) is 0.718. The second-order valence-corrected chi connectivity index (χ2v) is 7.11. The highest BCUT2D eigenvalue weighted by Crippen LogP contribution is 2.34. The summed E-state index contributed by atoms with van der Waals surface area (Å²) >= 11 is 3.11. The predicted octanol–water partition coefficient (Wildman–Crippen LogP) is 5.20. The molecule has 0 aromatic heterocycles. The summed E-state index contributed by atoms with van der Waals surface area (Å²) in [5, 5.41) is 0. The molecule has 0 heterocycles. The summed E-state index contributed by atoms with van der Waals surface area (Å²) in [6.07, 6.45) is 7.38. The molecule has 1 fully saturated rings. The van der Waals surface area contributed by atoms with Crippen molar-refractivity contribution in [3.63, 3.8) is 0 Å². The Balaban J connectivity index is 1.97. The third-order valence-electron chi connectivity index (χ3n) is 4.77. The third-order valence-corrected chi connectivity index (χ3v) is 5.39. The van der Waals surface area contributed by atoms with Gasteiger partial charge in [-0.15, -0.1) is 0 Å². The summed E-state index contributed by atoms with van der Waals surface area (Å²) < 4.78 is 28.1. The average molecular weight is 360 g/mol. The van der Waals surface area contributed by atoms with Crippen molar-refractivity contribution in [3.05, 3.63) is 33.8 Å². The number of nitrogens with two attached hydrogens (primary N) is 1. The molecule has 0 amide bonds. The molecule has 0 radical (unpaired) electrons. The molecular formula is C17H24BrF2N. The lowest BCUT2D eigenvalue weighted by molar-refractivity contribution is 0.231. The van der Waals surface area contributed by atoms with Crippen molar-refractivity contribution >= 4 is 15.9 Å². The molecule has 1 nitrogen and oxygen atoms in total. The van der Waals surface area contributed by atoms with Crippen molar-refractivity contribution < 1.29 is 8.78 Å². The van der Waals surface area contributed by atoms with Gasteiger partial charge in [0.25, 0.3) is 0 Å². The third kappa shape index (κ3) is 4.26. The zero-order valence-corrected chi connectivity index (χ0v) is 14.1. The number of rotatable bonds is 5. The van der Waals surface area contributed by atoms with Crippen LogP contribution in [0.1, 0.15) is 51.0 Å².